The Bertz CT molecular complexity index is 1470. The highest BCUT2D eigenvalue weighted by molar-refractivity contribution is 7.92. The summed E-state index contributed by atoms with van der Waals surface area (Å²) in [5, 5.41) is 2.78. The van der Waals surface area contributed by atoms with Crippen LogP contribution in [0.4, 0.5) is 11.4 Å². The summed E-state index contributed by atoms with van der Waals surface area (Å²) in [6.45, 7) is 3.72. The van der Waals surface area contributed by atoms with Gasteiger partial charge in [-0.3, -0.25) is 9.52 Å². The molecule has 0 aliphatic heterocycles. The van der Waals surface area contributed by atoms with Gasteiger partial charge in [-0.2, -0.15) is 0 Å². The standard InChI is InChI=1S/C27H23ClN2O4S/c1-18-7-6-10-25(19(18)2)30-35(32,33)26-17-20(11-16-24(26)28)27(31)29-21-12-14-23(15-13-21)34-22-8-4-3-5-9-22/h3-17,30H,1-2H3,(H,29,31). The quantitative estimate of drug-likeness (QED) is 0.288. The van der Waals surface area contributed by atoms with Crippen molar-refractivity contribution in [2.75, 3.05) is 10.0 Å². The van der Waals surface area contributed by atoms with Gasteiger partial charge in [0.25, 0.3) is 15.9 Å². The van der Waals surface area contributed by atoms with Crippen LogP contribution >= 0.6 is 11.6 Å². The van der Waals surface area contributed by atoms with Gasteiger partial charge in [-0.1, -0.05) is 41.9 Å². The molecule has 0 radical (unpaired) electrons. The van der Waals surface area contributed by atoms with Crippen LogP contribution in [-0.2, 0) is 10.0 Å². The number of anilines is 2. The van der Waals surface area contributed by atoms with Gasteiger partial charge in [0, 0.05) is 11.3 Å². The Morgan fingerprint density at radius 3 is 2.23 bits per heavy atom. The minimum atomic E-state index is -4.03. The van der Waals surface area contributed by atoms with Gasteiger partial charge < -0.3 is 10.1 Å². The number of halogens is 1. The van der Waals surface area contributed by atoms with Crippen molar-refractivity contribution in [2.45, 2.75) is 18.7 Å². The lowest BCUT2D eigenvalue weighted by atomic mass is 10.1. The number of hydrogen-bond acceptors (Lipinski definition) is 4. The van der Waals surface area contributed by atoms with Crippen molar-refractivity contribution in [1.29, 1.82) is 0 Å². The lowest BCUT2D eigenvalue weighted by molar-refractivity contribution is 0.102. The molecule has 2 N–H and O–H groups in total. The number of amides is 1. The van der Waals surface area contributed by atoms with E-state index in [1.807, 2.05) is 50.2 Å². The van der Waals surface area contributed by atoms with Crippen LogP contribution in [0.1, 0.15) is 21.5 Å². The van der Waals surface area contributed by atoms with Crippen LogP contribution in [0.2, 0.25) is 5.02 Å². The average molecular weight is 507 g/mol. The predicted molar refractivity (Wildman–Crippen MR) is 139 cm³/mol. The van der Waals surface area contributed by atoms with E-state index in [1.165, 1.54) is 18.2 Å². The molecule has 35 heavy (non-hydrogen) atoms. The van der Waals surface area contributed by atoms with Crippen LogP contribution in [0.15, 0.2) is 95.9 Å². The molecule has 0 spiro atoms. The summed E-state index contributed by atoms with van der Waals surface area (Å²) in [6.07, 6.45) is 0. The Hall–Kier alpha value is -3.81. The first-order valence-corrected chi connectivity index (χ1v) is 12.6. The Labute approximate surface area is 209 Å². The van der Waals surface area contributed by atoms with Gasteiger partial charge >= 0.3 is 0 Å². The fourth-order valence-electron chi connectivity index (χ4n) is 3.35. The molecule has 0 atom stereocenters. The van der Waals surface area contributed by atoms with Crippen LogP contribution in [-0.4, -0.2) is 14.3 Å². The fraction of sp³-hybridized carbons (Fsp3) is 0.0741. The molecule has 0 saturated carbocycles. The van der Waals surface area contributed by atoms with Gasteiger partial charge in [0.2, 0.25) is 0 Å². The summed E-state index contributed by atoms with van der Waals surface area (Å²) >= 11 is 6.20. The van der Waals surface area contributed by atoms with Crippen LogP contribution in [0.3, 0.4) is 0 Å². The maximum absolute atomic E-state index is 13.1. The number of carbonyl (C=O) groups excluding carboxylic acids is 1. The number of nitrogens with one attached hydrogen (secondary N) is 2. The molecular formula is C27H23ClN2O4S. The van der Waals surface area contributed by atoms with E-state index in [0.29, 0.717) is 22.9 Å². The molecule has 178 valence electrons. The van der Waals surface area contributed by atoms with Crippen LogP contribution in [0, 0.1) is 13.8 Å². The SMILES string of the molecule is Cc1cccc(NS(=O)(=O)c2cc(C(=O)Nc3ccc(Oc4ccccc4)cc3)ccc2Cl)c1C. The topological polar surface area (TPSA) is 84.5 Å². The zero-order chi connectivity index (χ0) is 25.0. The molecule has 1 amide bonds. The third kappa shape index (κ3) is 5.82. The number of aryl methyl sites for hydroxylation is 1. The third-order valence-electron chi connectivity index (χ3n) is 5.42. The summed E-state index contributed by atoms with van der Waals surface area (Å²) in [5.74, 6) is 0.849. The lowest BCUT2D eigenvalue weighted by Gasteiger charge is -2.14. The fourth-order valence-corrected chi connectivity index (χ4v) is 5.00. The van der Waals surface area contributed by atoms with Gasteiger partial charge in [-0.15, -0.1) is 0 Å². The largest absolute Gasteiger partial charge is 0.457 e. The maximum Gasteiger partial charge on any atom is 0.263 e. The highest BCUT2D eigenvalue weighted by atomic mass is 35.5. The van der Waals surface area contributed by atoms with Gasteiger partial charge in [-0.25, -0.2) is 8.42 Å². The molecule has 0 fully saturated rings. The number of hydrogen-bond donors (Lipinski definition) is 2. The summed E-state index contributed by atoms with van der Waals surface area (Å²) in [4.78, 5) is 12.7. The molecule has 4 rings (SSSR count). The van der Waals surface area contributed by atoms with Gasteiger partial charge in [0.15, 0.2) is 0 Å². The number of benzene rings is 4. The van der Waals surface area contributed by atoms with E-state index < -0.39 is 15.9 Å². The van der Waals surface area contributed by atoms with Gasteiger partial charge in [0.1, 0.15) is 16.4 Å². The van der Waals surface area contributed by atoms with E-state index in [0.717, 1.165) is 11.1 Å². The minimum Gasteiger partial charge on any atom is -0.457 e. The first-order valence-electron chi connectivity index (χ1n) is 10.8. The van der Waals surface area contributed by atoms with Gasteiger partial charge in [0.05, 0.1) is 10.7 Å². The summed E-state index contributed by atoms with van der Waals surface area (Å²) in [6, 6.07) is 25.7. The lowest BCUT2D eigenvalue weighted by Crippen LogP contribution is -2.17. The van der Waals surface area contributed by atoms with Crippen molar-refractivity contribution in [3.8, 4) is 11.5 Å². The smallest absolute Gasteiger partial charge is 0.263 e. The number of rotatable bonds is 7. The highest BCUT2D eigenvalue weighted by Gasteiger charge is 2.21. The van der Waals surface area contributed by atoms with Crippen molar-refractivity contribution < 1.29 is 17.9 Å². The number of sulfonamides is 1. The Balaban J connectivity index is 1.51. The van der Waals surface area contributed by atoms with Crippen molar-refractivity contribution in [3.05, 3.63) is 113 Å². The van der Waals surface area contributed by atoms with E-state index in [1.54, 1.807) is 36.4 Å². The number of ether oxygens (including phenoxy) is 1. The second kappa shape index (κ2) is 10.2. The zero-order valence-electron chi connectivity index (χ0n) is 19.1. The molecule has 0 bridgehead atoms. The molecular weight excluding hydrogens is 484 g/mol. The molecule has 0 aliphatic carbocycles. The second-order valence-electron chi connectivity index (χ2n) is 7.89. The molecule has 0 unspecified atom stereocenters. The molecule has 8 heteroatoms. The van der Waals surface area contributed by atoms with Crippen LogP contribution in [0.5, 0.6) is 11.5 Å². The predicted octanol–water partition coefficient (Wildman–Crippen LogP) is 6.80. The van der Waals surface area contributed by atoms with Crippen LogP contribution < -0.4 is 14.8 Å². The van der Waals surface area contributed by atoms with Gasteiger partial charge in [-0.05, 0) is 85.6 Å². The van der Waals surface area contributed by atoms with Crippen molar-refractivity contribution in [1.82, 2.24) is 0 Å². The van der Waals surface area contributed by atoms with Crippen molar-refractivity contribution >= 4 is 38.9 Å². The Morgan fingerprint density at radius 1 is 0.829 bits per heavy atom. The molecule has 0 aliphatic rings. The van der Waals surface area contributed by atoms with Crippen molar-refractivity contribution in [3.63, 3.8) is 0 Å². The van der Waals surface area contributed by atoms with E-state index >= 15 is 0 Å². The maximum atomic E-state index is 13.1. The third-order valence-corrected chi connectivity index (χ3v) is 7.27. The minimum absolute atomic E-state index is 0.0155. The molecule has 0 heterocycles. The molecule has 0 aromatic heterocycles. The van der Waals surface area contributed by atoms with E-state index in [2.05, 4.69) is 10.0 Å². The molecule has 0 saturated heterocycles. The first-order chi connectivity index (χ1) is 16.7. The molecule has 4 aromatic rings. The molecule has 4 aromatic carbocycles. The van der Waals surface area contributed by atoms with E-state index in [9.17, 15) is 13.2 Å². The summed E-state index contributed by atoms with van der Waals surface area (Å²) < 4.78 is 34.5. The van der Waals surface area contributed by atoms with Crippen LogP contribution in [0.25, 0.3) is 0 Å². The number of carbonyl (C=O) groups is 1. The first kappa shape index (κ1) is 24.3. The Morgan fingerprint density at radius 2 is 1.51 bits per heavy atom. The van der Waals surface area contributed by atoms with E-state index in [4.69, 9.17) is 16.3 Å². The number of para-hydroxylation sites is 1. The van der Waals surface area contributed by atoms with E-state index in [-0.39, 0.29) is 15.5 Å². The average Bonchev–Trinajstić information content (AvgIpc) is 2.84. The zero-order valence-corrected chi connectivity index (χ0v) is 20.7. The Kier molecular flexibility index (Phi) is 7.10. The second-order valence-corrected chi connectivity index (χ2v) is 9.95. The summed E-state index contributed by atoms with van der Waals surface area (Å²) in [7, 11) is -4.03. The normalized spacial score (nSPS) is 11.1. The summed E-state index contributed by atoms with van der Waals surface area (Å²) in [5.41, 5.74) is 2.89. The highest BCUT2D eigenvalue weighted by Crippen LogP contribution is 2.28. The molecule has 6 nitrogen and oxygen atoms in total. The monoisotopic (exact) mass is 506 g/mol. The van der Waals surface area contributed by atoms with Crippen molar-refractivity contribution in [2.24, 2.45) is 0 Å².